The number of rotatable bonds is 3. The minimum absolute atomic E-state index is 0.237. The van der Waals surface area contributed by atoms with Crippen molar-refractivity contribution >= 4 is 5.97 Å². The maximum Gasteiger partial charge on any atom is 0.341 e. The summed E-state index contributed by atoms with van der Waals surface area (Å²) in [5.41, 5.74) is 0.318. The van der Waals surface area contributed by atoms with E-state index in [0.29, 0.717) is 5.69 Å². The van der Waals surface area contributed by atoms with Crippen LogP contribution in [0.3, 0.4) is 0 Å². The highest BCUT2D eigenvalue weighted by molar-refractivity contribution is 5.75. The van der Waals surface area contributed by atoms with E-state index in [0.717, 1.165) is 0 Å². The molecular weight excluding hydrogens is 174 g/mol. The average Bonchev–Trinajstić information content (AvgIpc) is 2.50. The number of carbonyl (C=O) groups excluding carboxylic acids is 1. The van der Waals surface area contributed by atoms with Crippen LogP contribution in [0.4, 0.5) is 0 Å². The van der Waals surface area contributed by atoms with Crippen LogP contribution in [0.5, 0.6) is 0 Å². The zero-order chi connectivity index (χ0) is 9.84. The Bertz CT molecular complexity index is 297. The Morgan fingerprint density at radius 2 is 2.54 bits per heavy atom. The van der Waals surface area contributed by atoms with Crippen molar-refractivity contribution in [1.29, 1.82) is 0 Å². The number of aliphatic hydroxyl groups is 1. The first-order valence-corrected chi connectivity index (χ1v) is 3.86. The summed E-state index contributed by atoms with van der Waals surface area (Å²) in [4.78, 5) is 11.1. The standard InChI is InChI=1S/C7H11N3O3/c1-3-13-7(12)6(11)5-4-8-9-10(5)2/h4,6,11H,3H2,1-2H3. The second-order valence-electron chi connectivity index (χ2n) is 2.44. The number of esters is 1. The summed E-state index contributed by atoms with van der Waals surface area (Å²) >= 11 is 0. The molecule has 0 spiro atoms. The number of nitrogens with zero attached hydrogens (tertiary/aromatic N) is 3. The summed E-state index contributed by atoms with van der Waals surface area (Å²) in [5.74, 6) is -0.687. The highest BCUT2D eigenvalue weighted by Gasteiger charge is 2.21. The normalized spacial score (nSPS) is 12.5. The molecule has 72 valence electrons. The summed E-state index contributed by atoms with van der Waals surface area (Å²) < 4.78 is 5.95. The second kappa shape index (κ2) is 3.99. The van der Waals surface area contributed by atoms with E-state index in [1.807, 2.05) is 0 Å². The van der Waals surface area contributed by atoms with Crippen molar-refractivity contribution in [2.45, 2.75) is 13.0 Å². The van der Waals surface area contributed by atoms with Crippen LogP contribution in [0.2, 0.25) is 0 Å². The Balaban J connectivity index is 2.73. The van der Waals surface area contributed by atoms with Gasteiger partial charge in [-0.1, -0.05) is 5.21 Å². The fraction of sp³-hybridized carbons (Fsp3) is 0.571. The maximum absolute atomic E-state index is 11.1. The van der Waals surface area contributed by atoms with Gasteiger partial charge in [-0.3, -0.25) is 0 Å². The Morgan fingerprint density at radius 1 is 1.85 bits per heavy atom. The van der Waals surface area contributed by atoms with Crippen molar-refractivity contribution in [3.63, 3.8) is 0 Å². The number of hydrogen-bond acceptors (Lipinski definition) is 5. The molecule has 0 aliphatic heterocycles. The molecule has 0 saturated carbocycles. The van der Waals surface area contributed by atoms with Gasteiger partial charge in [0.15, 0.2) is 6.10 Å². The number of aromatic nitrogens is 3. The Kier molecular flexibility index (Phi) is 2.97. The van der Waals surface area contributed by atoms with Crippen molar-refractivity contribution in [2.75, 3.05) is 6.61 Å². The summed E-state index contributed by atoms with van der Waals surface area (Å²) in [6.07, 6.45) is 0.0154. The highest BCUT2D eigenvalue weighted by atomic mass is 16.5. The first-order valence-electron chi connectivity index (χ1n) is 3.86. The van der Waals surface area contributed by atoms with Gasteiger partial charge in [-0.2, -0.15) is 0 Å². The monoisotopic (exact) mass is 185 g/mol. The largest absolute Gasteiger partial charge is 0.464 e. The molecule has 1 aromatic rings. The molecule has 13 heavy (non-hydrogen) atoms. The molecule has 6 nitrogen and oxygen atoms in total. The lowest BCUT2D eigenvalue weighted by Gasteiger charge is -2.08. The topological polar surface area (TPSA) is 77.2 Å². The van der Waals surface area contributed by atoms with Crippen molar-refractivity contribution in [1.82, 2.24) is 15.0 Å². The third kappa shape index (κ3) is 2.03. The molecule has 1 N–H and O–H groups in total. The van der Waals surface area contributed by atoms with E-state index < -0.39 is 12.1 Å². The van der Waals surface area contributed by atoms with E-state index in [9.17, 15) is 9.90 Å². The molecule has 0 saturated heterocycles. The van der Waals surface area contributed by atoms with Gasteiger partial charge >= 0.3 is 5.97 Å². The predicted molar refractivity (Wildman–Crippen MR) is 42.6 cm³/mol. The molecule has 1 heterocycles. The Morgan fingerprint density at radius 3 is 3.00 bits per heavy atom. The lowest BCUT2D eigenvalue weighted by Crippen LogP contribution is -2.18. The molecule has 1 unspecified atom stereocenters. The van der Waals surface area contributed by atoms with Crippen LogP contribution in [0.25, 0.3) is 0 Å². The summed E-state index contributed by atoms with van der Waals surface area (Å²) in [5, 5.41) is 16.5. The van der Waals surface area contributed by atoms with Crippen LogP contribution in [0.15, 0.2) is 6.20 Å². The number of carbonyl (C=O) groups is 1. The molecule has 0 radical (unpaired) electrons. The molecule has 1 atom stereocenters. The van der Waals surface area contributed by atoms with E-state index in [2.05, 4.69) is 15.0 Å². The maximum atomic E-state index is 11.1. The number of hydrogen-bond donors (Lipinski definition) is 1. The molecule has 1 aromatic heterocycles. The summed E-state index contributed by atoms with van der Waals surface area (Å²) in [6.45, 7) is 1.91. The Hall–Kier alpha value is -1.43. The molecular formula is C7H11N3O3. The van der Waals surface area contributed by atoms with Crippen molar-refractivity contribution in [2.24, 2.45) is 7.05 Å². The first kappa shape index (κ1) is 9.66. The van der Waals surface area contributed by atoms with Gasteiger partial charge in [0.25, 0.3) is 0 Å². The van der Waals surface area contributed by atoms with Crippen LogP contribution in [-0.2, 0) is 16.6 Å². The van der Waals surface area contributed by atoms with E-state index >= 15 is 0 Å². The van der Waals surface area contributed by atoms with E-state index in [-0.39, 0.29) is 6.61 Å². The van der Waals surface area contributed by atoms with Gasteiger partial charge in [0.05, 0.1) is 18.5 Å². The predicted octanol–water partition coefficient (Wildman–Crippen LogP) is -0.588. The Labute approximate surface area is 75.1 Å². The van der Waals surface area contributed by atoms with Crippen molar-refractivity contribution in [3.05, 3.63) is 11.9 Å². The molecule has 0 amide bonds. The number of ether oxygens (including phenoxy) is 1. The van der Waals surface area contributed by atoms with Gasteiger partial charge in [0, 0.05) is 7.05 Å². The van der Waals surface area contributed by atoms with Gasteiger partial charge in [-0.05, 0) is 6.92 Å². The number of aryl methyl sites for hydroxylation is 1. The molecule has 6 heteroatoms. The van der Waals surface area contributed by atoms with Crippen LogP contribution >= 0.6 is 0 Å². The molecule has 0 bridgehead atoms. The molecule has 0 aromatic carbocycles. The quantitative estimate of drug-likeness (QED) is 0.637. The van der Waals surface area contributed by atoms with Crippen molar-refractivity contribution in [3.8, 4) is 0 Å². The minimum atomic E-state index is -1.31. The summed E-state index contributed by atoms with van der Waals surface area (Å²) in [6, 6.07) is 0. The third-order valence-corrected chi connectivity index (χ3v) is 1.54. The SMILES string of the molecule is CCOC(=O)C(O)c1cnnn1C. The van der Waals surface area contributed by atoms with Crippen LogP contribution in [0, 0.1) is 0 Å². The zero-order valence-corrected chi connectivity index (χ0v) is 7.47. The van der Waals surface area contributed by atoms with Gasteiger partial charge < -0.3 is 9.84 Å². The van der Waals surface area contributed by atoms with E-state index in [4.69, 9.17) is 0 Å². The minimum Gasteiger partial charge on any atom is -0.464 e. The van der Waals surface area contributed by atoms with Crippen LogP contribution < -0.4 is 0 Å². The van der Waals surface area contributed by atoms with Crippen molar-refractivity contribution < 1.29 is 14.6 Å². The lowest BCUT2D eigenvalue weighted by molar-refractivity contribution is -0.153. The third-order valence-electron chi connectivity index (χ3n) is 1.54. The molecule has 0 aliphatic rings. The van der Waals surface area contributed by atoms with Gasteiger partial charge in [-0.15, -0.1) is 5.10 Å². The van der Waals surface area contributed by atoms with E-state index in [1.54, 1.807) is 14.0 Å². The van der Waals surface area contributed by atoms with Crippen LogP contribution in [-0.4, -0.2) is 32.7 Å². The summed E-state index contributed by atoms with van der Waals surface area (Å²) in [7, 11) is 1.59. The fourth-order valence-electron chi connectivity index (χ4n) is 0.887. The van der Waals surface area contributed by atoms with Gasteiger partial charge in [0.1, 0.15) is 0 Å². The number of aliphatic hydroxyl groups excluding tert-OH is 1. The smallest absolute Gasteiger partial charge is 0.341 e. The zero-order valence-electron chi connectivity index (χ0n) is 7.47. The van der Waals surface area contributed by atoms with Gasteiger partial charge in [-0.25, -0.2) is 9.48 Å². The lowest BCUT2D eigenvalue weighted by atomic mass is 10.3. The first-order chi connectivity index (χ1) is 6.16. The highest BCUT2D eigenvalue weighted by Crippen LogP contribution is 2.11. The van der Waals surface area contributed by atoms with Crippen LogP contribution in [0.1, 0.15) is 18.7 Å². The average molecular weight is 185 g/mol. The fourth-order valence-corrected chi connectivity index (χ4v) is 0.887. The molecule has 0 fully saturated rings. The molecule has 1 rings (SSSR count). The second-order valence-corrected chi connectivity index (χ2v) is 2.44. The molecule has 0 aliphatic carbocycles. The van der Waals surface area contributed by atoms with E-state index in [1.165, 1.54) is 10.9 Å². The van der Waals surface area contributed by atoms with Gasteiger partial charge in [0.2, 0.25) is 0 Å².